The van der Waals surface area contributed by atoms with Gasteiger partial charge in [0.2, 0.25) is 5.91 Å². The van der Waals surface area contributed by atoms with Gasteiger partial charge in [-0.2, -0.15) is 0 Å². The molecule has 2 atom stereocenters. The fourth-order valence-electron chi connectivity index (χ4n) is 1.48. The third-order valence-corrected chi connectivity index (χ3v) is 3.59. The van der Waals surface area contributed by atoms with Crippen molar-refractivity contribution in [2.24, 2.45) is 5.73 Å². The fourth-order valence-corrected chi connectivity index (χ4v) is 2.22. The molecular formula is C12H20N2OS. The van der Waals surface area contributed by atoms with Gasteiger partial charge < -0.3 is 11.1 Å². The van der Waals surface area contributed by atoms with Crippen LogP contribution in [0.5, 0.6) is 0 Å². The van der Waals surface area contributed by atoms with Crippen molar-refractivity contribution in [3.05, 3.63) is 22.4 Å². The summed E-state index contributed by atoms with van der Waals surface area (Å²) >= 11 is 1.65. The van der Waals surface area contributed by atoms with Crippen LogP contribution in [-0.2, 0) is 4.79 Å². The molecule has 1 aromatic rings. The van der Waals surface area contributed by atoms with Gasteiger partial charge in [0.1, 0.15) is 0 Å². The SMILES string of the molecule is CCCCC(N)C(=O)N[C@@H](C)c1cccs1. The first-order valence-electron chi connectivity index (χ1n) is 5.74. The van der Waals surface area contributed by atoms with Crippen molar-refractivity contribution in [3.8, 4) is 0 Å². The van der Waals surface area contributed by atoms with Crippen LogP contribution < -0.4 is 11.1 Å². The maximum Gasteiger partial charge on any atom is 0.237 e. The lowest BCUT2D eigenvalue weighted by molar-refractivity contribution is -0.123. The molecule has 3 nitrogen and oxygen atoms in total. The Morgan fingerprint density at radius 2 is 2.38 bits per heavy atom. The van der Waals surface area contributed by atoms with Crippen LogP contribution in [0.2, 0.25) is 0 Å². The average Bonchev–Trinajstić information content (AvgIpc) is 2.79. The van der Waals surface area contributed by atoms with E-state index in [1.807, 2.05) is 24.4 Å². The molecule has 16 heavy (non-hydrogen) atoms. The van der Waals surface area contributed by atoms with Crippen LogP contribution in [0, 0.1) is 0 Å². The zero-order chi connectivity index (χ0) is 12.0. The van der Waals surface area contributed by atoms with Crippen molar-refractivity contribution in [2.75, 3.05) is 0 Å². The number of carbonyl (C=O) groups is 1. The zero-order valence-electron chi connectivity index (χ0n) is 9.90. The average molecular weight is 240 g/mol. The molecule has 0 bridgehead atoms. The number of nitrogens with one attached hydrogen (secondary N) is 1. The lowest BCUT2D eigenvalue weighted by atomic mass is 10.1. The van der Waals surface area contributed by atoms with E-state index in [0.29, 0.717) is 0 Å². The van der Waals surface area contributed by atoms with Crippen LogP contribution in [0.4, 0.5) is 0 Å². The van der Waals surface area contributed by atoms with E-state index in [4.69, 9.17) is 5.73 Å². The van der Waals surface area contributed by atoms with Gasteiger partial charge in [0, 0.05) is 4.88 Å². The lowest BCUT2D eigenvalue weighted by Crippen LogP contribution is -2.41. The Balaban J connectivity index is 2.39. The number of hydrogen-bond acceptors (Lipinski definition) is 3. The number of unbranched alkanes of at least 4 members (excludes halogenated alkanes) is 1. The van der Waals surface area contributed by atoms with E-state index in [1.54, 1.807) is 11.3 Å². The van der Waals surface area contributed by atoms with Gasteiger partial charge >= 0.3 is 0 Å². The Kier molecular flexibility index (Phi) is 5.49. The molecule has 0 spiro atoms. The van der Waals surface area contributed by atoms with E-state index in [2.05, 4.69) is 12.2 Å². The topological polar surface area (TPSA) is 55.1 Å². The maximum absolute atomic E-state index is 11.7. The molecule has 0 radical (unpaired) electrons. The fraction of sp³-hybridized carbons (Fsp3) is 0.583. The highest BCUT2D eigenvalue weighted by Crippen LogP contribution is 2.18. The van der Waals surface area contributed by atoms with E-state index >= 15 is 0 Å². The van der Waals surface area contributed by atoms with E-state index in [9.17, 15) is 4.79 Å². The van der Waals surface area contributed by atoms with Crippen molar-refractivity contribution in [1.29, 1.82) is 0 Å². The summed E-state index contributed by atoms with van der Waals surface area (Å²) in [7, 11) is 0. The van der Waals surface area contributed by atoms with Gasteiger partial charge in [0.25, 0.3) is 0 Å². The van der Waals surface area contributed by atoms with E-state index < -0.39 is 0 Å². The lowest BCUT2D eigenvalue weighted by Gasteiger charge is -2.16. The summed E-state index contributed by atoms with van der Waals surface area (Å²) in [5, 5.41) is 4.95. The van der Waals surface area contributed by atoms with Crippen LogP contribution >= 0.6 is 11.3 Å². The van der Waals surface area contributed by atoms with Gasteiger partial charge in [0.15, 0.2) is 0 Å². The quantitative estimate of drug-likeness (QED) is 0.802. The summed E-state index contributed by atoms with van der Waals surface area (Å²) in [5.41, 5.74) is 5.80. The summed E-state index contributed by atoms with van der Waals surface area (Å²) in [6.07, 6.45) is 2.84. The van der Waals surface area contributed by atoms with Crippen LogP contribution in [0.15, 0.2) is 17.5 Å². The summed E-state index contributed by atoms with van der Waals surface area (Å²) in [6.45, 7) is 4.08. The van der Waals surface area contributed by atoms with E-state index in [-0.39, 0.29) is 18.0 Å². The minimum atomic E-state index is -0.373. The smallest absolute Gasteiger partial charge is 0.237 e. The number of thiophene rings is 1. The maximum atomic E-state index is 11.7. The number of rotatable bonds is 6. The predicted octanol–water partition coefficient (Wildman–Crippen LogP) is 2.44. The highest BCUT2D eigenvalue weighted by atomic mass is 32.1. The second-order valence-corrected chi connectivity index (χ2v) is 4.97. The van der Waals surface area contributed by atoms with Gasteiger partial charge in [-0.05, 0) is 24.8 Å². The third-order valence-electron chi connectivity index (χ3n) is 2.53. The Hall–Kier alpha value is -0.870. The van der Waals surface area contributed by atoms with Crippen LogP contribution in [-0.4, -0.2) is 11.9 Å². The summed E-state index contributed by atoms with van der Waals surface area (Å²) in [5.74, 6) is -0.0469. The number of amides is 1. The van der Waals surface area contributed by atoms with Crippen molar-refractivity contribution in [2.45, 2.75) is 45.2 Å². The molecule has 0 aliphatic rings. The number of carbonyl (C=O) groups excluding carboxylic acids is 1. The van der Waals surface area contributed by atoms with Crippen molar-refractivity contribution < 1.29 is 4.79 Å². The summed E-state index contributed by atoms with van der Waals surface area (Å²) in [6, 6.07) is 3.69. The van der Waals surface area contributed by atoms with Gasteiger partial charge in [-0.25, -0.2) is 0 Å². The van der Waals surface area contributed by atoms with Gasteiger partial charge in [-0.15, -0.1) is 11.3 Å². The molecule has 0 aliphatic heterocycles. The highest BCUT2D eigenvalue weighted by Gasteiger charge is 2.16. The Bertz CT molecular complexity index is 311. The van der Waals surface area contributed by atoms with Crippen LogP contribution in [0.1, 0.15) is 44.0 Å². The molecule has 0 fully saturated rings. The molecule has 1 heterocycles. The van der Waals surface area contributed by atoms with Crippen molar-refractivity contribution in [3.63, 3.8) is 0 Å². The van der Waals surface area contributed by atoms with Gasteiger partial charge in [0.05, 0.1) is 12.1 Å². The van der Waals surface area contributed by atoms with Crippen molar-refractivity contribution in [1.82, 2.24) is 5.32 Å². The first kappa shape index (κ1) is 13.2. The zero-order valence-corrected chi connectivity index (χ0v) is 10.7. The Labute approximate surface area is 101 Å². The minimum absolute atomic E-state index is 0.0469. The third kappa shape index (κ3) is 3.94. The molecule has 90 valence electrons. The molecule has 0 aromatic carbocycles. The summed E-state index contributed by atoms with van der Waals surface area (Å²) < 4.78 is 0. The second kappa shape index (κ2) is 6.66. The molecule has 1 aromatic heterocycles. The second-order valence-electron chi connectivity index (χ2n) is 3.99. The molecule has 4 heteroatoms. The molecule has 0 saturated carbocycles. The predicted molar refractivity (Wildman–Crippen MR) is 68.4 cm³/mol. The van der Waals surface area contributed by atoms with Gasteiger partial charge in [-0.1, -0.05) is 25.8 Å². The number of nitrogens with two attached hydrogens (primary N) is 1. The highest BCUT2D eigenvalue weighted by molar-refractivity contribution is 7.10. The molecule has 0 saturated heterocycles. The number of hydrogen-bond donors (Lipinski definition) is 2. The normalized spacial score (nSPS) is 14.4. The minimum Gasteiger partial charge on any atom is -0.347 e. The Morgan fingerprint density at radius 3 is 2.94 bits per heavy atom. The monoisotopic (exact) mass is 240 g/mol. The van der Waals surface area contributed by atoms with Crippen LogP contribution in [0.25, 0.3) is 0 Å². The van der Waals surface area contributed by atoms with Gasteiger partial charge in [-0.3, -0.25) is 4.79 Å². The largest absolute Gasteiger partial charge is 0.347 e. The van der Waals surface area contributed by atoms with Crippen molar-refractivity contribution >= 4 is 17.2 Å². The molecule has 0 aliphatic carbocycles. The molecule has 3 N–H and O–H groups in total. The molecule has 1 rings (SSSR count). The standard InChI is InChI=1S/C12H20N2OS/c1-3-4-6-10(13)12(15)14-9(2)11-7-5-8-16-11/h5,7-10H,3-4,6,13H2,1-2H3,(H,14,15)/t9-,10?/m0/s1. The molecule has 1 amide bonds. The van der Waals surface area contributed by atoms with E-state index in [0.717, 1.165) is 24.1 Å². The Morgan fingerprint density at radius 1 is 1.62 bits per heavy atom. The van der Waals surface area contributed by atoms with E-state index in [1.165, 1.54) is 0 Å². The molecular weight excluding hydrogens is 220 g/mol. The van der Waals surface area contributed by atoms with Crippen LogP contribution in [0.3, 0.4) is 0 Å². The first-order chi connectivity index (χ1) is 7.65. The molecule has 1 unspecified atom stereocenters. The first-order valence-corrected chi connectivity index (χ1v) is 6.62. The summed E-state index contributed by atoms with van der Waals surface area (Å²) in [4.78, 5) is 12.9.